The SMILES string of the molecule is Cc1cc(C(O)c2c(Br)cnn2C)co1. The zero-order chi connectivity index (χ0) is 11.0. The van der Waals surface area contributed by atoms with Crippen molar-refractivity contribution in [2.45, 2.75) is 13.0 Å². The third-order valence-electron chi connectivity index (χ3n) is 2.26. The number of hydrogen-bond donors (Lipinski definition) is 1. The third kappa shape index (κ3) is 1.85. The number of aliphatic hydroxyl groups is 1. The number of aryl methyl sites for hydroxylation is 2. The van der Waals surface area contributed by atoms with Gasteiger partial charge in [-0.1, -0.05) is 0 Å². The van der Waals surface area contributed by atoms with Gasteiger partial charge in [0.25, 0.3) is 0 Å². The van der Waals surface area contributed by atoms with Crippen LogP contribution in [0.2, 0.25) is 0 Å². The van der Waals surface area contributed by atoms with Crippen molar-refractivity contribution in [3.63, 3.8) is 0 Å². The summed E-state index contributed by atoms with van der Waals surface area (Å²) in [6, 6.07) is 1.81. The van der Waals surface area contributed by atoms with Crippen LogP contribution in [0, 0.1) is 6.92 Å². The lowest BCUT2D eigenvalue weighted by Crippen LogP contribution is -2.06. The van der Waals surface area contributed by atoms with Gasteiger partial charge in [0.1, 0.15) is 11.9 Å². The molecule has 4 nitrogen and oxygen atoms in total. The maximum atomic E-state index is 10.1. The van der Waals surface area contributed by atoms with Gasteiger partial charge in [-0.05, 0) is 28.9 Å². The smallest absolute Gasteiger partial charge is 0.125 e. The molecule has 1 atom stereocenters. The predicted molar refractivity (Wildman–Crippen MR) is 58.4 cm³/mol. The lowest BCUT2D eigenvalue weighted by atomic mass is 10.1. The van der Waals surface area contributed by atoms with Crippen molar-refractivity contribution < 1.29 is 9.52 Å². The van der Waals surface area contributed by atoms with E-state index in [1.165, 1.54) is 0 Å². The minimum Gasteiger partial charge on any atom is -0.469 e. The van der Waals surface area contributed by atoms with Gasteiger partial charge in [0.2, 0.25) is 0 Å². The van der Waals surface area contributed by atoms with Crippen molar-refractivity contribution in [1.29, 1.82) is 0 Å². The monoisotopic (exact) mass is 270 g/mol. The quantitative estimate of drug-likeness (QED) is 0.910. The zero-order valence-corrected chi connectivity index (χ0v) is 10.0. The first-order valence-electron chi connectivity index (χ1n) is 4.50. The van der Waals surface area contributed by atoms with Crippen LogP contribution < -0.4 is 0 Å². The molecule has 0 amide bonds. The van der Waals surface area contributed by atoms with Gasteiger partial charge < -0.3 is 9.52 Å². The number of rotatable bonds is 2. The molecule has 15 heavy (non-hydrogen) atoms. The zero-order valence-electron chi connectivity index (χ0n) is 8.44. The van der Waals surface area contributed by atoms with Crippen molar-refractivity contribution in [1.82, 2.24) is 9.78 Å². The van der Waals surface area contributed by atoms with Crippen LogP contribution in [0.25, 0.3) is 0 Å². The molecule has 0 radical (unpaired) electrons. The molecule has 2 aromatic rings. The second kappa shape index (κ2) is 3.83. The first-order chi connectivity index (χ1) is 7.09. The largest absolute Gasteiger partial charge is 0.469 e. The Morgan fingerprint density at radius 2 is 2.33 bits per heavy atom. The Labute approximate surface area is 95.6 Å². The fourth-order valence-electron chi connectivity index (χ4n) is 1.49. The Kier molecular flexibility index (Phi) is 2.67. The Bertz CT molecular complexity index is 456. The highest BCUT2D eigenvalue weighted by atomic mass is 79.9. The summed E-state index contributed by atoms with van der Waals surface area (Å²) in [5, 5.41) is 14.2. The predicted octanol–water partition coefficient (Wildman–Crippen LogP) is 2.17. The first kappa shape index (κ1) is 10.4. The summed E-state index contributed by atoms with van der Waals surface area (Å²) < 4.78 is 7.58. The fraction of sp³-hybridized carbons (Fsp3) is 0.300. The molecule has 1 N–H and O–H groups in total. The fourth-order valence-corrected chi connectivity index (χ4v) is 2.06. The van der Waals surface area contributed by atoms with Gasteiger partial charge in [0, 0.05) is 12.6 Å². The van der Waals surface area contributed by atoms with Crippen LogP contribution in [0.1, 0.15) is 23.1 Å². The maximum Gasteiger partial charge on any atom is 0.125 e. The topological polar surface area (TPSA) is 51.2 Å². The van der Waals surface area contributed by atoms with Gasteiger partial charge in [0.15, 0.2) is 0 Å². The molecule has 0 saturated heterocycles. The van der Waals surface area contributed by atoms with Crippen molar-refractivity contribution in [3.8, 4) is 0 Å². The highest BCUT2D eigenvalue weighted by Crippen LogP contribution is 2.28. The lowest BCUT2D eigenvalue weighted by Gasteiger charge is -2.09. The molecule has 80 valence electrons. The average Bonchev–Trinajstić information content (AvgIpc) is 2.73. The molecule has 0 saturated carbocycles. The summed E-state index contributed by atoms with van der Waals surface area (Å²) in [6.45, 7) is 1.84. The molecule has 0 spiro atoms. The van der Waals surface area contributed by atoms with E-state index in [1.54, 1.807) is 24.2 Å². The Hall–Kier alpha value is -1.07. The second-order valence-electron chi connectivity index (χ2n) is 3.39. The van der Waals surface area contributed by atoms with E-state index in [1.807, 2.05) is 13.0 Å². The van der Waals surface area contributed by atoms with Gasteiger partial charge in [-0.15, -0.1) is 0 Å². The van der Waals surface area contributed by atoms with Crippen LogP contribution in [0.4, 0.5) is 0 Å². The van der Waals surface area contributed by atoms with E-state index in [-0.39, 0.29) is 0 Å². The maximum absolute atomic E-state index is 10.1. The number of nitrogens with zero attached hydrogens (tertiary/aromatic N) is 2. The molecule has 0 aliphatic rings. The van der Waals surface area contributed by atoms with Gasteiger partial charge in [-0.25, -0.2) is 0 Å². The lowest BCUT2D eigenvalue weighted by molar-refractivity contribution is 0.208. The summed E-state index contributed by atoms with van der Waals surface area (Å²) in [5.41, 5.74) is 1.45. The second-order valence-corrected chi connectivity index (χ2v) is 4.25. The van der Waals surface area contributed by atoms with E-state index in [4.69, 9.17) is 4.42 Å². The summed E-state index contributed by atoms with van der Waals surface area (Å²) in [4.78, 5) is 0. The summed E-state index contributed by atoms with van der Waals surface area (Å²) in [7, 11) is 1.79. The van der Waals surface area contributed by atoms with E-state index in [0.29, 0.717) is 0 Å². The molecule has 1 unspecified atom stereocenters. The van der Waals surface area contributed by atoms with Gasteiger partial charge >= 0.3 is 0 Å². The van der Waals surface area contributed by atoms with Crippen LogP contribution in [0.3, 0.4) is 0 Å². The van der Waals surface area contributed by atoms with Crippen molar-refractivity contribution in [3.05, 3.63) is 40.0 Å². The number of hydrogen-bond acceptors (Lipinski definition) is 3. The minimum absolute atomic E-state index is 0.718. The van der Waals surface area contributed by atoms with E-state index in [0.717, 1.165) is 21.5 Å². The summed E-state index contributed by atoms with van der Waals surface area (Å²) >= 11 is 3.35. The molecular formula is C10H11BrN2O2. The van der Waals surface area contributed by atoms with E-state index in [2.05, 4.69) is 21.0 Å². The molecule has 0 aliphatic carbocycles. The van der Waals surface area contributed by atoms with Crippen LogP contribution in [-0.2, 0) is 7.05 Å². The van der Waals surface area contributed by atoms with Gasteiger partial charge in [-0.2, -0.15) is 5.10 Å². The Balaban J connectivity index is 2.40. The average molecular weight is 271 g/mol. The standard InChI is InChI=1S/C10H11BrN2O2/c1-6-3-7(5-15-6)10(14)9-8(11)4-12-13(9)2/h3-5,10,14H,1-2H3. The number of halogens is 1. The van der Waals surface area contributed by atoms with Crippen LogP contribution >= 0.6 is 15.9 Å². The van der Waals surface area contributed by atoms with E-state index in [9.17, 15) is 5.11 Å². The molecule has 5 heteroatoms. The van der Waals surface area contributed by atoms with Crippen molar-refractivity contribution >= 4 is 15.9 Å². The van der Waals surface area contributed by atoms with Crippen LogP contribution in [-0.4, -0.2) is 14.9 Å². The molecule has 0 aromatic carbocycles. The van der Waals surface area contributed by atoms with Crippen molar-refractivity contribution in [2.75, 3.05) is 0 Å². The Morgan fingerprint density at radius 1 is 1.60 bits per heavy atom. The molecule has 2 aromatic heterocycles. The van der Waals surface area contributed by atoms with Crippen molar-refractivity contribution in [2.24, 2.45) is 7.05 Å². The molecule has 2 rings (SSSR count). The number of furan rings is 1. The molecule has 0 bridgehead atoms. The normalized spacial score (nSPS) is 13.1. The molecule has 0 aliphatic heterocycles. The highest BCUT2D eigenvalue weighted by Gasteiger charge is 2.19. The number of aliphatic hydroxyl groups excluding tert-OH is 1. The van der Waals surface area contributed by atoms with E-state index >= 15 is 0 Å². The minimum atomic E-state index is -0.718. The Morgan fingerprint density at radius 3 is 2.80 bits per heavy atom. The third-order valence-corrected chi connectivity index (χ3v) is 2.87. The molecular weight excluding hydrogens is 260 g/mol. The molecule has 2 heterocycles. The molecule has 0 fully saturated rings. The summed E-state index contributed by atoms with van der Waals surface area (Å²) in [5.74, 6) is 0.780. The summed E-state index contributed by atoms with van der Waals surface area (Å²) in [6.07, 6.45) is 2.50. The number of aromatic nitrogens is 2. The van der Waals surface area contributed by atoms with Crippen LogP contribution in [0.15, 0.2) is 27.4 Å². The van der Waals surface area contributed by atoms with Crippen LogP contribution in [0.5, 0.6) is 0 Å². The highest BCUT2D eigenvalue weighted by molar-refractivity contribution is 9.10. The first-order valence-corrected chi connectivity index (χ1v) is 5.29. The van der Waals surface area contributed by atoms with Gasteiger partial charge in [-0.3, -0.25) is 4.68 Å². The van der Waals surface area contributed by atoms with E-state index < -0.39 is 6.10 Å². The van der Waals surface area contributed by atoms with Gasteiger partial charge in [0.05, 0.1) is 22.6 Å².